The standard InChI is InChI=1S/C15H27N3O8/c1-7(20)17-10-12(23)11(22)8(6-19)25-13(10)18-9(21)5-16-14(24)26-15(2,3)4/h8,10-13,19,22-23H,5-6H2,1-4H3,(H,16,24)(H,17,20)(H,18,21)/t8-,10-,11-,12-,13-/m1/s1. The fourth-order valence-corrected chi connectivity index (χ4v) is 2.31. The molecule has 0 saturated carbocycles. The van der Waals surface area contributed by atoms with Gasteiger partial charge in [-0.2, -0.15) is 0 Å². The molecular formula is C15H27N3O8. The summed E-state index contributed by atoms with van der Waals surface area (Å²) in [7, 11) is 0. The molecule has 0 aromatic rings. The monoisotopic (exact) mass is 377 g/mol. The van der Waals surface area contributed by atoms with Crippen LogP contribution in [0.4, 0.5) is 4.79 Å². The maximum atomic E-state index is 12.0. The number of aliphatic hydroxyl groups is 3. The minimum absolute atomic E-state index is 0.440. The molecule has 0 unspecified atom stereocenters. The number of rotatable bonds is 5. The minimum atomic E-state index is -1.48. The normalized spacial score (nSPS) is 28.8. The molecule has 1 saturated heterocycles. The summed E-state index contributed by atoms with van der Waals surface area (Å²) >= 11 is 0. The molecule has 150 valence electrons. The maximum absolute atomic E-state index is 12.0. The van der Waals surface area contributed by atoms with Gasteiger partial charge in [0.15, 0.2) is 6.23 Å². The number of carbonyl (C=O) groups excluding carboxylic acids is 3. The Morgan fingerprint density at radius 3 is 2.23 bits per heavy atom. The van der Waals surface area contributed by atoms with Crippen LogP contribution in [0.2, 0.25) is 0 Å². The predicted octanol–water partition coefficient (Wildman–Crippen LogP) is -2.43. The molecule has 11 nitrogen and oxygen atoms in total. The van der Waals surface area contributed by atoms with Crippen LogP contribution in [0.15, 0.2) is 0 Å². The van der Waals surface area contributed by atoms with Crippen LogP contribution < -0.4 is 16.0 Å². The number of alkyl carbamates (subject to hydrolysis) is 1. The summed E-state index contributed by atoms with van der Waals surface area (Å²) in [5.74, 6) is -1.20. The van der Waals surface area contributed by atoms with Gasteiger partial charge in [0.05, 0.1) is 6.61 Å². The van der Waals surface area contributed by atoms with E-state index in [9.17, 15) is 29.7 Å². The lowest BCUT2D eigenvalue weighted by Gasteiger charge is -2.42. The van der Waals surface area contributed by atoms with Crippen molar-refractivity contribution >= 4 is 17.9 Å². The summed E-state index contributed by atoms with van der Waals surface area (Å²) < 4.78 is 10.3. The van der Waals surface area contributed by atoms with Crippen LogP contribution in [0.5, 0.6) is 0 Å². The average Bonchev–Trinajstić information content (AvgIpc) is 2.50. The predicted molar refractivity (Wildman–Crippen MR) is 87.7 cm³/mol. The van der Waals surface area contributed by atoms with Crippen molar-refractivity contribution in [2.75, 3.05) is 13.2 Å². The van der Waals surface area contributed by atoms with Crippen LogP contribution in [-0.4, -0.2) is 82.6 Å². The van der Waals surface area contributed by atoms with E-state index in [0.29, 0.717) is 0 Å². The lowest BCUT2D eigenvalue weighted by molar-refractivity contribution is -0.203. The number of hydrogen-bond donors (Lipinski definition) is 6. The smallest absolute Gasteiger partial charge is 0.408 e. The quantitative estimate of drug-likeness (QED) is 0.308. The highest BCUT2D eigenvalue weighted by atomic mass is 16.6. The average molecular weight is 377 g/mol. The first-order valence-electron chi connectivity index (χ1n) is 8.10. The van der Waals surface area contributed by atoms with Crippen molar-refractivity contribution in [1.82, 2.24) is 16.0 Å². The van der Waals surface area contributed by atoms with Gasteiger partial charge in [0.2, 0.25) is 11.8 Å². The number of hydrogen-bond acceptors (Lipinski definition) is 8. The van der Waals surface area contributed by atoms with Gasteiger partial charge in [0.1, 0.15) is 36.5 Å². The first kappa shape index (κ1) is 22.1. The lowest BCUT2D eigenvalue weighted by atomic mass is 9.96. The summed E-state index contributed by atoms with van der Waals surface area (Å²) in [6.45, 7) is 5.16. The number of carbonyl (C=O) groups is 3. The highest BCUT2D eigenvalue weighted by Gasteiger charge is 2.45. The topological polar surface area (TPSA) is 166 Å². The van der Waals surface area contributed by atoms with E-state index in [1.54, 1.807) is 20.8 Å². The maximum Gasteiger partial charge on any atom is 0.408 e. The second-order valence-electron chi connectivity index (χ2n) is 6.91. The van der Waals surface area contributed by atoms with E-state index in [1.807, 2.05) is 0 Å². The molecule has 0 aromatic carbocycles. The Hall–Kier alpha value is -1.95. The SMILES string of the molecule is CC(=O)N[C@@H]1[C@@H](O)[C@H](O)[C@@H](CO)O[C@H]1NC(=O)CNC(=O)OC(C)(C)C. The molecule has 0 bridgehead atoms. The van der Waals surface area contributed by atoms with Crippen LogP contribution >= 0.6 is 0 Å². The number of ether oxygens (including phenoxy) is 2. The van der Waals surface area contributed by atoms with Gasteiger partial charge in [-0.1, -0.05) is 0 Å². The first-order chi connectivity index (χ1) is 11.9. The number of amides is 3. The van der Waals surface area contributed by atoms with E-state index >= 15 is 0 Å². The zero-order chi connectivity index (χ0) is 20.1. The Labute approximate surface area is 151 Å². The van der Waals surface area contributed by atoms with E-state index in [-0.39, 0.29) is 0 Å². The zero-order valence-corrected chi connectivity index (χ0v) is 15.2. The molecule has 0 aromatic heterocycles. The first-order valence-corrected chi connectivity index (χ1v) is 8.10. The second-order valence-corrected chi connectivity index (χ2v) is 6.91. The van der Waals surface area contributed by atoms with E-state index < -0.39 is 67.2 Å². The second kappa shape index (κ2) is 9.12. The van der Waals surface area contributed by atoms with Crippen LogP contribution in [0.1, 0.15) is 27.7 Å². The largest absolute Gasteiger partial charge is 0.444 e. The Balaban J connectivity index is 2.68. The molecule has 3 amide bonds. The molecule has 11 heteroatoms. The molecule has 26 heavy (non-hydrogen) atoms. The lowest BCUT2D eigenvalue weighted by Crippen LogP contribution is -2.68. The molecule has 1 heterocycles. The fraction of sp³-hybridized carbons (Fsp3) is 0.800. The number of nitrogens with one attached hydrogen (secondary N) is 3. The zero-order valence-electron chi connectivity index (χ0n) is 15.2. The van der Waals surface area contributed by atoms with Crippen molar-refractivity contribution in [3.8, 4) is 0 Å². The summed E-state index contributed by atoms with van der Waals surface area (Å²) in [4.78, 5) is 34.9. The van der Waals surface area contributed by atoms with Gasteiger partial charge >= 0.3 is 6.09 Å². The van der Waals surface area contributed by atoms with Crippen molar-refractivity contribution in [2.24, 2.45) is 0 Å². The van der Waals surface area contributed by atoms with Crippen molar-refractivity contribution in [3.05, 3.63) is 0 Å². The van der Waals surface area contributed by atoms with Crippen molar-refractivity contribution in [2.45, 2.75) is 63.9 Å². The van der Waals surface area contributed by atoms with E-state index in [4.69, 9.17) is 9.47 Å². The van der Waals surface area contributed by atoms with Crippen LogP contribution in [0.25, 0.3) is 0 Å². The Kier molecular flexibility index (Phi) is 7.75. The van der Waals surface area contributed by atoms with Crippen molar-refractivity contribution in [3.63, 3.8) is 0 Å². The third kappa shape index (κ3) is 6.75. The van der Waals surface area contributed by atoms with Crippen LogP contribution in [0.3, 0.4) is 0 Å². The van der Waals surface area contributed by atoms with E-state index in [1.165, 1.54) is 6.92 Å². The van der Waals surface area contributed by atoms with Gasteiger partial charge in [0, 0.05) is 6.92 Å². The third-order valence-electron chi connectivity index (χ3n) is 3.39. The van der Waals surface area contributed by atoms with E-state index in [2.05, 4.69) is 16.0 Å². The molecule has 5 atom stereocenters. The molecule has 0 spiro atoms. The summed E-state index contributed by atoms with van der Waals surface area (Å²) in [6.07, 6.45) is -6.10. The van der Waals surface area contributed by atoms with E-state index in [0.717, 1.165) is 0 Å². The Morgan fingerprint density at radius 1 is 1.12 bits per heavy atom. The van der Waals surface area contributed by atoms with Crippen LogP contribution in [-0.2, 0) is 19.1 Å². The van der Waals surface area contributed by atoms with Gasteiger partial charge in [-0.15, -0.1) is 0 Å². The number of aliphatic hydroxyl groups excluding tert-OH is 3. The Bertz CT molecular complexity index is 522. The molecule has 1 fully saturated rings. The minimum Gasteiger partial charge on any atom is -0.444 e. The van der Waals surface area contributed by atoms with Gasteiger partial charge in [-0.3, -0.25) is 9.59 Å². The van der Waals surface area contributed by atoms with Crippen molar-refractivity contribution in [1.29, 1.82) is 0 Å². The fourth-order valence-electron chi connectivity index (χ4n) is 2.31. The molecule has 0 aliphatic carbocycles. The van der Waals surface area contributed by atoms with Gasteiger partial charge in [-0.05, 0) is 20.8 Å². The molecular weight excluding hydrogens is 350 g/mol. The molecule has 0 radical (unpaired) electrons. The Morgan fingerprint density at radius 2 is 1.73 bits per heavy atom. The van der Waals surface area contributed by atoms with Crippen molar-refractivity contribution < 1.29 is 39.2 Å². The molecule has 1 rings (SSSR count). The third-order valence-corrected chi connectivity index (χ3v) is 3.39. The van der Waals surface area contributed by atoms with Gasteiger partial charge in [-0.25, -0.2) is 4.79 Å². The summed E-state index contributed by atoms with van der Waals surface area (Å²) in [6, 6.07) is -1.14. The van der Waals surface area contributed by atoms with Gasteiger partial charge in [0.25, 0.3) is 0 Å². The molecule has 1 aliphatic rings. The highest BCUT2D eigenvalue weighted by Crippen LogP contribution is 2.20. The molecule has 1 aliphatic heterocycles. The van der Waals surface area contributed by atoms with Gasteiger partial charge < -0.3 is 40.7 Å². The highest BCUT2D eigenvalue weighted by molar-refractivity contribution is 5.82. The summed E-state index contributed by atoms with van der Waals surface area (Å²) in [5.41, 5.74) is -0.724. The van der Waals surface area contributed by atoms with Crippen LogP contribution in [0, 0.1) is 0 Å². The molecule has 6 N–H and O–H groups in total. The summed E-state index contributed by atoms with van der Waals surface area (Å²) in [5, 5.41) is 36.2.